The van der Waals surface area contributed by atoms with Crippen LogP contribution in [0.25, 0.3) is 10.6 Å². The lowest BCUT2D eigenvalue weighted by molar-refractivity contribution is -0.129. The molecule has 1 aromatic carbocycles. The van der Waals surface area contributed by atoms with Crippen LogP contribution >= 0.6 is 11.3 Å². The normalized spacial score (nSPS) is 14.0. The first kappa shape index (κ1) is 15.7. The molecule has 1 aromatic heterocycles. The summed E-state index contributed by atoms with van der Waals surface area (Å²) in [6.45, 7) is 2.05. The summed E-state index contributed by atoms with van der Waals surface area (Å²) in [7, 11) is 0. The van der Waals surface area contributed by atoms with Crippen LogP contribution in [0.15, 0.2) is 35.7 Å². The molecule has 1 saturated heterocycles. The van der Waals surface area contributed by atoms with Crippen molar-refractivity contribution in [2.75, 3.05) is 19.6 Å². The highest BCUT2D eigenvalue weighted by molar-refractivity contribution is 7.13. The van der Waals surface area contributed by atoms with Crippen molar-refractivity contribution in [3.8, 4) is 10.6 Å². The van der Waals surface area contributed by atoms with E-state index >= 15 is 0 Å². The van der Waals surface area contributed by atoms with Gasteiger partial charge in [-0.3, -0.25) is 9.59 Å². The first-order valence-corrected chi connectivity index (χ1v) is 8.69. The number of carbonyl (C=O) groups excluding carboxylic acids is 2. The Morgan fingerprint density at radius 3 is 2.65 bits per heavy atom. The van der Waals surface area contributed by atoms with Gasteiger partial charge in [0.1, 0.15) is 10.7 Å². The number of amides is 2. The lowest BCUT2D eigenvalue weighted by Gasteiger charge is -2.14. The van der Waals surface area contributed by atoms with Crippen molar-refractivity contribution in [1.29, 1.82) is 0 Å². The van der Waals surface area contributed by atoms with Gasteiger partial charge in [0.05, 0.1) is 0 Å². The van der Waals surface area contributed by atoms with E-state index in [-0.39, 0.29) is 11.8 Å². The van der Waals surface area contributed by atoms with Gasteiger partial charge in [0, 0.05) is 37.0 Å². The number of hydrogen-bond donors (Lipinski definition) is 1. The number of aromatic nitrogens is 1. The Kier molecular flexibility index (Phi) is 5.02. The molecule has 1 aliphatic rings. The van der Waals surface area contributed by atoms with E-state index in [1.165, 1.54) is 11.3 Å². The number of benzene rings is 1. The van der Waals surface area contributed by atoms with Crippen molar-refractivity contribution in [3.63, 3.8) is 0 Å². The first-order chi connectivity index (χ1) is 11.2. The third-order valence-electron chi connectivity index (χ3n) is 3.84. The summed E-state index contributed by atoms with van der Waals surface area (Å²) >= 11 is 1.44. The molecule has 0 unspecified atom stereocenters. The van der Waals surface area contributed by atoms with E-state index in [0.717, 1.165) is 36.5 Å². The molecule has 23 heavy (non-hydrogen) atoms. The van der Waals surface area contributed by atoms with Crippen LogP contribution in [0, 0.1) is 0 Å². The summed E-state index contributed by atoms with van der Waals surface area (Å²) in [5, 5.41) is 5.35. The van der Waals surface area contributed by atoms with Crippen LogP contribution < -0.4 is 5.32 Å². The number of likely N-dealkylation sites (tertiary alicyclic amines) is 1. The lowest BCUT2D eigenvalue weighted by Crippen LogP contribution is -2.32. The molecular formula is C17H19N3O2S. The van der Waals surface area contributed by atoms with Crippen LogP contribution in [0.2, 0.25) is 0 Å². The van der Waals surface area contributed by atoms with Crippen molar-refractivity contribution in [2.45, 2.75) is 19.3 Å². The van der Waals surface area contributed by atoms with Gasteiger partial charge in [-0.15, -0.1) is 11.3 Å². The zero-order valence-electron chi connectivity index (χ0n) is 12.8. The van der Waals surface area contributed by atoms with Gasteiger partial charge in [0.2, 0.25) is 5.91 Å². The van der Waals surface area contributed by atoms with Crippen molar-refractivity contribution in [1.82, 2.24) is 15.2 Å². The maximum atomic E-state index is 12.1. The summed E-state index contributed by atoms with van der Waals surface area (Å²) in [5.41, 5.74) is 1.41. The highest BCUT2D eigenvalue weighted by Crippen LogP contribution is 2.23. The molecule has 1 fully saturated rings. The molecule has 0 radical (unpaired) electrons. The molecule has 1 aliphatic heterocycles. The molecule has 0 spiro atoms. The van der Waals surface area contributed by atoms with Crippen molar-refractivity contribution in [2.24, 2.45) is 0 Å². The number of nitrogens with zero attached hydrogens (tertiary/aromatic N) is 2. The van der Waals surface area contributed by atoms with Crippen LogP contribution in [0.3, 0.4) is 0 Å². The molecular weight excluding hydrogens is 310 g/mol. The molecule has 0 aliphatic carbocycles. The number of rotatable bonds is 5. The fraction of sp³-hybridized carbons (Fsp3) is 0.353. The summed E-state index contributed by atoms with van der Waals surface area (Å²) in [6.07, 6.45) is 2.51. The van der Waals surface area contributed by atoms with Gasteiger partial charge in [-0.1, -0.05) is 30.3 Å². The molecule has 1 N–H and O–H groups in total. The number of carbonyl (C=O) groups is 2. The first-order valence-electron chi connectivity index (χ1n) is 7.81. The minimum atomic E-state index is -0.224. The van der Waals surface area contributed by atoms with Gasteiger partial charge >= 0.3 is 0 Å². The third kappa shape index (κ3) is 3.96. The predicted molar refractivity (Wildman–Crippen MR) is 90.3 cm³/mol. The standard InChI is InChI=1S/C17H19N3O2S/c21-15(20-10-4-5-11-20)8-9-18-16(22)14-12-23-17(19-14)13-6-2-1-3-7-13/h1-3,6-7,12H,4-5,8-11H2,(H,18,22). The number of nitrogens with one attached hydrogen (secondary N) is 1. The average molecular weight is 329 g/mol. The fourth-order valence-electron chi connectivity index (χ4n) is 2.59. The van der Waals surface area contributed by atoms with E-state index in [1.54, 1.807) is 5.38 Å². The highest BCUT2D eigenvalue weighted by atomic mass is 32.1. The summed E-state index contributed by atoms with van der Waals surface area (Å²) < 4.78 is 0. The summed E-state index contributed by atoms with van der Waals surface area (Å²) in [5.74, 6) is -0.108. The topological polar surface area (TPSA) is 62.3 Å². The molecule has 6 heteroatoms. The second kappa shape index (κ2) is 7.37. The average Bonchev–Trinajstić information content (AvgIpc) is 3.27. The van der Waals surface area contributed by atoms with E-state index < -0.39 is 0 Å². The minimum absolute atomic E-state index is 0.117. The third-order valence-corrected chi connectivity index (χ3v) is 4.73. The van der Waals surface area contributed by atoms with E-state index in [4.69, 9.17) is 0 Å². The summed E-state index contributed by atoms with van der Waals surface area (Å²) in [6, 6.07) is 9.77. The molecule has 3 rings (SSSR count). The lowest BCUT2D eigenvalue weighted by atomic mass is 10.2. The molecule has 2 heterocycles. The SMILES string of the molecule is O=C(NCCC(=O)N1CCCC1)c1csc(-c2ccccc2)n1. The van der Waals surface area contributed by atoms with Crippen LogP contribution in [0.5, 0.6) is 0 Å². The molecule has 0 saturated carbocycles. The van der Waals surface area contributed by atoms with Gasteiger partial charge in [-0.05, 0) is 12.8 Å². The molecule has 5 nitrogen and oxygen atoms in total. The van der Waals surface area contributed by atoms with E-state index in [2.05, 4.69) is 10.3 Å². The van der Waals surface area contributed by atoms with E-state index in [0.29, 0.717) is 18.7 Å². The molecule has 0 atom stereocenters. The molecule has 2 aromatic rings. The van der Waals surface area contributed by atoms with Gasteiger partial charge in [-0.2, -0.15) is 0 Å². The van der Waals surface area contributed by atoms with Gasteiger partial charge in [0.15, 0.2) is 0 Å². The van der Waals surface area contributed by atoms with Crippen molar-refractivity contribution >= 4 is 23.2 Å². The van der Waals surface area contributed by atoms with Gasteiger partial charge in [0.25, 0.3) is 5.91 Å². The Morgan fingerprint density at radius 1 is 1.17 bits per heavy atom. The summed E-state index contributed by atoms with van der Waals surface area (Å²) in [4.78, 5) is 30.2. The number of hydrogen-bond acceptors (Lipinski definition) is 4. The smallest absolute Gasteiger partial charge is 0.270 e. The Morgan fingerprint density at radius 2 is 1.91 bits per heavy atom. The Labute approximate surface area is 139 Å². The largest absolute Gasteiger partial charge is 0.350 e. The Bertz CT molecular complexity index is 678. The Hall–Kier alpha value is -2.21. The van der Waals surface area contributed by atoms with E-state index in [1.807, 2.05) is 35.2 Å². The van der Waals surface area contributed by atoms with Gasteiger partial charge in [-0.25, -0.2) is 4.98 Å². The quantitative estimate of drug-likeness (QED) is 0.917. The zero-order valence-corrected chi connectivity index (χ0v) is 13.6. The van der Waals surface area contributed by atoms with Crippen LogP contribution in [-0.2, 0) is 4.79 Å². The second-order valence-electron chi connectivity index (χ2n) is 5.50. The van der Waals surface area contributed by atoms with Crippen LogP contribution in [0.1, 0.15) is 29.8 Å². The predicted octanol–water partition coefficient (Wildman–Crippen LogP) is 2.55. The number of thiazole rings is 1. The minimum Gasteiger partial charge on any atom is -0.350 e. The maximum Gasteiger partial charge on any atom is 0.270 e. The maximum absolute atomic E-state index is 12.1. The molecule has 0 bridgehead atoms. The monoisotopic (exact) mass is 329 g/mol. The molecule has 120 valence electrons. The zero-order chi connectivity index (χ0) is 16.1. The second-order valence-corrected chi connectivity index (χ2v) is 6.36. The van der Waals surface area contributed by atoms with Crippen molar-refractivity contribution < 1.29 is 9.59 Å². The van der Waals surface area contributed by atoms with Crippen molar-refractivity contribution in [3.05, 3.63) is 41.4 Å². The van der Waals surface area contributed by atoms with Crippen LogP contribution in [0.4, 0.5) is 0 Å². The Balaban J connectivity index is 1.51. The highest BCUT2D eigenvalue weighted by Gasteiger charge is 2.18. The van der Waals surface area contributed by atoms with E-state index in [9.17, 15) is 9.59 Å². The molecule has 2 amide bonds. The van der Waals surface area contributed by atoms with Gasteiger partial charge < -0.3 is 10.2 Å². The fourth-order valence-corrected chi connectivity index (χ4v) is 3.40. The van der Waals surface area contributed by atoms with Crippen LogP contribution in [-0.4, -0.2) is 41.3 Å².